The van der Waals surface area contributed by atoms with Crippen LogP contribution in [-0.4, -0.2) is 75.9 Å². The van der Waals surface area contributed by atoms with Gasteiger partial charge in [-0.2, -0.15) is 0 Å². The van der Waals surface area contributed by atoms with Crippen LogP contribution in [0.25, 0.3) is 0 Å². The molecular weight excluding hydrogens is 376 g/mol. The number of aliphatic imine (C=N–C) groups is 1. The standard InChI is InChI=1S/C21H33F2N5O/c1-2-24-21(25-9-3-4-10-27-12-14-29-15-13-27)26-17-8-11-28(16-17)20-18(22)6-5-7-19(20)23/h5-7,17H,2-4,8-16H2,1H3,(H2,24,25,26). The molecule has 2 aliphatic heterocycles. The first-order chi connectivity index (χ1) is 14.2. The number of anilines is 1. The molecular formula is C21H33F2N5O. The molecule has 29 heavy (non-hydrogen) atoms. The Balaban J connectivity index is 1.44. The zero-order valence-electron chi connectivity index (χ0n) is 17.3. The van der Waals surface area contributed by atoms with Crippen LogP contribution in [0.15, 0.2) is 23.2 Å². The highest BCUT2D eigenvalue weighted by Gasteiger charge is 2.27. The van der Waals surface area contributed by atoms with Crippen LogP contribution in [-0.2, 0) is 4.74 Å². The van der Waals surface area contributed by atoms with E-state index in [1.54, 1.807) is 4.90 Å². The smallest absolute Gasteiger partial charge is 0.191 e. The molecule has 1 aromatic carbocycles. The molecule has 2 N–H and O–H groups in total. The molecule has 2 heterocycles. The molecule has 1 atom stereocenters. The summed E-state index contributed by atoms with van der Waals surface area (Å²) in [6.07, 6.45) is 2.97. The van der Waals surface area contributed by atoms with Gasteiger partial charge in [0.05, 0.1) is 13.2 Å². The van der Waals surface area contributed by atoms with Crippen molar-refractivity contribution in [3.63, 3.8) is 0 Å². The van der Waals surface area contributed by atoms with E-state index in [1.165, 1.54) is 18.2 Å². The molecule has 3 rings (SSSR count). The molecule has 0 bridgehead atoms. The summed E-state index contributed by atoms with van der Waals surface area (Å²) in [7, 11) is 0. The first kappa shape index (κ1) is 21.8. The van der Waals surface area contributed by atoms with E-state index in [4.69, 9.17) is 4.74 Å². The molecule has 1 unspecified atom stereocenters. The van der Waals surface area contributed by atoms with Crippen LogP contribution in [0.2, 0.25) is 0 Å². The average Bonchev–Trinajstić information content (AvgIpc) is 3.16. The van der Waals surface area contributed by atoms with Gasteiger partial charge >= 0.3 is 0 Å². The molecule has 0 aromatic heterocycles. The average molecular weight is 410 g/mol. The third kappa shape index (κ3) is 6.54. The Bertz CT molecular complexity index is 646. The number of morpholine rings is 1. The van der Waals surface area contributed by atoms with Crippen LogP contribution < -0.4 is 15.5 Å². The van der Waals surface area contributed by atoms with Crippen molar-refractivity contribution in [2.45, 2.75) is 32.2 Å². The number of hydrogen-bond donors (Lipinski definition) is 2. The largest absolute Gasteiger partial charge is 0.379 e. The van der Waals surface area contributed by atoms with Crippen molar-refractivity contribution in [2.24, 2.45) is 4.99 Å². The van der Waals surface area contributed by atoms with Gasteiger partial charge in [0.15, 0.2) is 5.96 Å². The van der Waals surface area contributed by atoms with E-state index in [9.17, 15) is 8.78 Å². The van der Waals surface area contributed by atoms with Gasteiger partial charge in [-0.1, -0.05) is 6.07 Å². The Labute approximate surface area is 172 Å². The Kier molecular flexibility index (Phi) is 8.49. The Morgan fingerprint density at radius 3 is 2.66 bits per heavy atom. The Morgan fingerprint density at radius 2 is 1.93 bits per heavy atom. The number of guanidine groups is 1. The second-order valence-corrected chi connectivity index (χ2v) is 7.57. The van der Waals surface area contributed by atoms with E-state index in [1.807, 2.05) is 6.92 Å². The second kappa shape index (κ2) is 11.3. The maximum Gasteiger partial charge on any atom is 0.191 e. The summed E-state index contributed by atoms with van der Waals surface area (Å²) in [6, 6.07) is 4.12. The van der Waals surface area contributed by atoms with Crippen LogP contribution in [0.4, 0.5) is 14.5 Å². The lowest BCUT2D eigenvalue weighted by Gasteiger charge is -2.26. The normalized spacial score (nSPS) is 20.9. The maximum atomic E-state index is 14.0. The Morgan fingerprint density at radius 1 is 1.17 bits per heavy atom. The van der Waals surface area contributed by atoms with E-state index in [-0.39, 0.29) is 11.7 Å². The number of unbranched alkanes of at least 4 members (excludes halogenated alkanes) is 1. The first-order valence-electron chi connectivity index (χ1n) is 10.7. The first-order valence-corrected chi connectivity index (χ1v) is 10.7. The summed E-state index contributed by atoms with van der Waals surface area (Å²) in [5, 5.41) is 6.69. The number of nitrogens with one attached hydrogen (secondary N) is 2. The van der Waals surface area contributed by atoms with E-state index in [2.05, 4.69) is 20.5 Å². The van der Waals surface area contributed by atoms with Gasteiger partial charge in [0.1, 0.15) is 17.3 Å². The minimum absolute atomic E-state index is 0.0712. The maximum absolute atomic E-state index is 14.0. The summed E-state index contributed by atoms with van der Waals surface area (Å²) in [5.74, 6) is -0.238. The van der Waals surface area contributed by atoms with E-state index < -0.39 is 11.6 Å². The van der Waals surface area contributed by atoms with E-state index in [0.717, 1.165) is 71.2 Å². The fraction of sp³-hybridized carbons (Fsp3) is 0.667. The quantitative estimate of drug-likeness (QED) is 0.392. The third-order valence-corrected chi connectivity index (χ3v) is 5.38. The molecule has 162 valence electrons. The molecule has 0 saturated carbocycles. The molecule has 2 saturated heterocycles. The fourth-order valence-corrected chi connectivity index (χ4v) is 3.85. The number of nitrogens with zero attached hydrogens (tertiary/aromatic N) is 3. The number of halogens is 2. The van der Waals surface area contributed by atoms with Crippen molar-refractivity contribution in [1.82, 2.24) is 15.5 Å². The van der Waals surface area contributed by atoms with Gasteiger partial charge in [-0.3, -0.25) is 9.89 Å². The van der Waals surface area contributed by atoms with Crippen LogP contribution in [0, 0.1) is 11.6 Å². The molecule has 2 aliphatic rings. The van der Waals surface area contributed by atoms with Gasteiger partial charge in [0.25, 0.3) is 0 Å². The van der Waals surface area contributed by atoms with E-state index >= 15 is 0 Å². The zero-order chi connectivity index (χ0) is 20.5. The predicted octanol–water partition coefficient (Wildman–Crippen LogP) is 2.21. The van der Waals surface area contributed by atoms with Crippen molar-refractivity contribution < 1.29 is 13.5 Å². The molecule has 8 heteroatoms. The molecule has 0 radical (unpaired) electrons. The highest BCUT2D eigenvalue weighted by atomic mass is 19.1. The minimum Gasteiger partial charge on any atom is -0.379 e. The van der Waals surface area contributed by atoms with Gasteiger partial charge < -0.3 is 20.3 Å². The topological polar surface area (TPSA) is 52.1 Å². The van der Waals surface area contributed by atoms with Crippen molar-refractivity contribution in [2.75, 3.05) is 63.9 Å². The van der Waals surface area contributed by atoms with Gasteiger partial charge in [-0.15, -0.1) is 0 Å². The number of ether oxygens (including phenoxy) is 1. The van der Waals surface area contributed by atoms with Crippen LogP contribution in [0.3, 0.4) is 0 Å². The van der Waals surface area contributed by atoms with Gasteiger partial charge in [0.2, 0.25) is 0 Å². The summed E-state index contributed by atoms with van der Waals surface area (Å²) in [5.41, 5.74) is 0.0712. The van der Waals surface area contributed by atoms with Crippen LogP contribution in [0.5, 0.6) is 0 Å². The second-order valence-electron chi connectivity index (χ2n) is 7.57. The van der Waals surface area contributed by atoms with Crippen molar-refractivity contribution >= 4 is 11.6 Å². The van der Waals surface area contributed by atoms with E-state index in [0.29, 0.717) is 13.1 Å². The molecule has 2 fully saturated rings. The number of benzene rings is 1. The molecule has 0 aliphatic carbocycles. The molecule has 1 aromatic rings. The molecule has 0 amide bonds. The summed E-state index contributed by atoms with van der Waals surface area (Å²) in [4.78, 5) is 8.89. The molecule has 0 spiro atoms. The lowest BCUT2D eigenvalue weighted by molar-refractivity contribution is 0.0373. The van der Waals surface area contributed by atoms with Gasteiger partial charge in [-0.25, -0.2) is 8.78 Å². The summed E-state index contributed by atoms with van der Waals surface area (Å²) >= 11 is 0. The minimum atomic E-state index is -0.508. The number of hydrogen-bond acceptors (Lipinski definition) is 4. The molecule has 6 nitrogen and oxygen atoms in total. The number of rotatable bonds is 8. The zero-order valence-corrected chi connectivity index (χ0v) is 17.3. The fourth-order valence-electron chi connectivity index (χ4n) is 3.85. The lowest BCUT2D eigenvalue weighted by atomic mass is 10.2. The van der Waals surface area contributed by atoms with Crippen LogP contribution >= 0.6 is 0 Å². The monoisotopic (exact) mass is 409 g/mol. The highest BCUT2D eigenvalue weighted by Crippen LogP contribution is 2.26. The summed E-state index contributed by atoms with van der Waals surface area (Å²) in [6.45, 7) is 9.55. The summed E-state index contributed by atoms with van der Waals surface area (Å²) < 4.78 is 33.4. The third-order valence-electron chi connectivity index (χ3n) is 5.38. The van der Waals surface area contributed by atoms with Crippen molar-refractivity contribution in [3.8, 4) is 0 Å². The van der Waals surface area contributed by atoms with Crippen molar-refractivity contribution in [3.05, 3.63) is 29.8 Å². The number of para-hydroxylation sites is 1. The highest BCUT2D eigenvalue weighted by molar-refractivity contribution is 5.80. The predicted molar refractivity (Wildman–Crippen MR) is 113 cm³/mol. The lowest BCUT2D eigenvalue weighted by Crippen LogP contribution is -2.44. The van der Waals surface area contributed by atoms with Crippen molar-refractivity contribution in [1.29, 1.82) is 0 Å². The SMILES string of the molecule is CCNC(=NCCCCN1CCOCC1)NC1CCN(c2c(F)cccc2F)C1. The van der Waals surface area contributed by atoms with Gasteiger partial charge in [0, 0.05) is 45.3 Å². The van der Waals surface area contributed by atoms with Crippen LogP contribution in [0.1, 0.15) is 26.2 Å². The van der Waals surface area contributed by atoms with Gasteiger partial charge in [-0.05, 0) is 44.9 Å². The Hall–Kier alpha value is -1.93.